The molecule has 0 bridgehead atoms. The lowest BCUT2D eigenvalue weighted by Crippen LogP contribution is -2.30. The molecule has 0 saturated heterocycles. The van der Waals surface area contributed by atoms with Crippen LogP contribution in [-0.4, -0.2) is 37.2 Å². The molecule has 6 heteroatoms. The Morgan fingerprint density at radius 1 is 0.323 bits per heavy atom. The van der Waals surface area contributed by atoms with E-state index in [1.54, 1.807) is 0 Å². The van der Waals surface area contributed by atoms with Crippen molar-refractivity contribution in [2.45, 2.75) is 290 Å². The third-order valence-electron chi connectivity index (χ3n) is 11.9. The molecule has 62 heavy (non-hydrogen) atoms. The summed E-state index contributed by atoms with van der Waals surface area (Å²) in [6.07, 6.45) is 59.9. The van der Waals surface area contributed by atoms with Crippen molar-refractivity contribution in [1.29, 1.82) is 0 Å². The Morgan fingerprint density at radius 3 is 0.935 bits per heavy atom. The van der Waals surface area contributed by atoms with Crippen molar-refractivity contribution >= 4 is 17.9 Å². The topological polar surface area (TPSA) is 78.9 Å². The first-order chi connectivity index (χ1) is 30.5. The van der Waals surface area contributed by atoms with E-state index in [-0.39, 0.29) is 37.5 Å². The summed E-state index contributed by atoms with van der Waals surface area (Å²) >= 11 is 0. The van der Waals surface area contributed by atoms with Gasteiger partial charge in [-0.2, -0.15) is 0 Å². The highest BCUT2D eigenvalue weighted by Crippen LogP contribution is 2.16. The van der Waals surface area contributed by atoms with Gasteiger partial charge in [0.15, 0.2) is 6.10 Å². The van der Waals surface area contributed by atoms with E-state index in [4.69, 9.17) is 14.2 Å². The van der Waals surface area contributed by atoms with Crippen LogP contribution in [0.4, 0.5) is 0 Å². The summed E-state index contributed by atoms with van der Waals surface area (Å²) in [4.78, 5) is 38.0. The Hall–Kier alpha value is -2.37. The van der Waals surface area contributed by atoms with Crippen LogP contribution in [0.25, 0.3) is 0 Å². The Morgan fingerprint density at radius 2 is 0.581 bits per heavy atom. The highest BCUT2D eigenvalue weighted by Gasteiger charge is 2.19. The Balaban J connectivity index is 4.38. The average Bonchev–Trinajstić information content (AvgIpc) is 3.27. The maximum atomic E-state index is 12.8. The quantitative estimate of drug-likeness (QED) is 0.0262. The molecule has 0 rings (SSSR count). The van der Waals surface area contributed by atoms with E-state index in [1.165, 1.54) is 173 Å². The molecule has 0 N–H and O–H groups in total. The molecule has 0 saturated carbocycles. The van der Waals surface area contributed by atoms with E-state index in [1.807, 2.05) is 0 Å². The first-order valence-corrected chi connectivity index (χ1v) is 27.0. The number of rotatable bonds is 49. The zero-order valence-corrected chi connectivity index (χ0v) is 41.4. The number of hydrogen-bond acceptors (Lipinski definition) is 6. The molecule has 1 atom stereocenters. The van der Waals surface area contributed by atoms with Crippen molar-refractivity contribution in [2.75, 3.05) is 13.2 Å². The number of carbonyl (C=O) groups is 3. The van der Waals surface area contributed by atoms with Crippen LogP contribution in [0.15, 0.2) is 36.5 Å². The first-order valence-electron chi connectivity index (χ1n) is 27.0. The van der Waals surface area contributed by atoms with Gasteiger partial charge in [-0.3, -0.25) is 14.4 Å². The normalized spacial score (nSPS) is 12.2. The van der Waals surface area contributed by atoms with E-state index in [2.05, 4.69) is 57.2 Å². The molecule has 0 heterocycles. The fraction of sp³-hybridized carbons (Fsp3) is 0.839. The second-order valence-corrected chi connectivity index (χ2v) is 18.2. The summed E-state index contributed by atoms with van der Waals surface area (Å²) in [7, 11) is 0. The van der Waals surface area contributed by atoms with Gasteiger partial charge in [-0.1, -0.05) is 243 Å². The summed E-state index contributed by atoms with van der Waals surface area (Å²) in [6, 6.07) is 0. The zero-order valence-electron chi connectivity index (χ0n) is 41.4. The number of carbonyl (C=O) groups excluding carboxylic acids is 3. The van der Waals surface area contributed by atoms with Crippen LogP contribution in [0.5, 0.6) is 0 Å². The highest BCUT2D eigenvalue weighted by molar-refractivity contribution is 5.71. The Bertz CT molecular complexity index is 1050. The maximum absolute atomic E-state index is 12.8. The van der Waals surface area contributed by atoms with E-state index < -0.39 is 6.10 Å². The van der Waals surface area contributed by atoms with Crippen molar-refractivity contribution in [3.8, 4) is 0 Å². The van der Waals surface area contributed by atoms with Crippen molar-refractivity contribution in [2.24, 2.45) is 0 Å². The van der Waals surface area contributed by atoms with Gasteiger partial charge >= 0.3 is 17.9 Å². The lowest BCUT2D eigenvalue weighted by molar-refractivity contribution is -0.167. The third-order valence-corrected chi connectivity index (χ3v) is 11.9. The Labute approximate surface area is 385 Å². The van der Waals surface area contributed by atoms with Gasteiger partial charge < -0.3 is 14.2 Å². The molecule has 0 aliphatic rings. The molecule has 0 unspecified atom stereocenters. The third kappa shape index (κ3) is 48.7. The smallest absolute Gasteiger partial charge is 0.306 e. The number of ether oxygens (including phenoxy) is 3. The van der Waals surface area contributed by atoms with E-state index in [0.717, 1.165) is 64.2 Å². The van der Waals surface area contributed by atoms with Crippen molar-refractivity contribution in [3.63, 3.8) is 0 Å². The van der Waals surface area contributed by atoms with E-state index in [0.29, 0.717) is 19.3 Å². The minimum atomic E-state index is -0.786. The molecule has 0 amide bonds. The highest BCUT2D eigenvalue weighted by atomic mass is 16.6. The molecule has 362 valence electrons. The van der Waals surface area contributed by atoms with Gasteiger partial charge in [-0.25, -0.2) is 0 Å². The van der Waals surface area contributed by atoms with E-state index >= 15 is 0 Å². The fourth-order valence-electron chi connectivity index (χ4n) is 7.80. The van der Waals surface area contributed by atoms with Gasteiger partial charge in [-0.15, -0.1) is 0 Å². The second kappa shape index (κ2) is 51.3. The van der Waals surface area contributed by atoms with E-state index in [9.17, 15) is 14.4 Å². The molecule has 0 aliphatic heterocycles. The van der Waals surface area contributed by atoms with Gasteiger partial charge in [0.1, 0.15) is 13.2 Å². The van der Waals surface area contributed by atoms with Crippen LogP contribution in [0.2, 0.25) is 0 Å². The first kappa shape index (κ1) is 59.6. The SMILES string of the molecule is CCCCC/C=C\C/C=C\C/C=C\CCCCC(=O)O[C@H](COC(=O)CCCCCCCCCCCCCC)COC(=O)CCCCCCCCCCCCCCCCCCC. The van der Waals surface area contributed by atoms with Gasteiger partial charge in [0.25, 0.3) is 0 Å². The Kier molecular flexibility index (Phi) is 49.3. The molecule has 0 aromatic heterocycles. The molecule has 0 aliphatic carbocycles. The largest absolute Gasteiger partial charge is 0.462 e. The summed E-state index contributed by atoms with van der Waals surface area (Å²) in [5.41, 5.74) is 0. The fourth-order valence-corrected chi connectivity index (χ4v) is 7.80. The van der Waals surface area contributed by atoms with Crippen LogP contribution < -0.4 is 0 Å². The van der Waals surface area contributed by atoms with Gasteiger partial charge in [0.05, 0.1) is 0 Å². The minimum absolute atomic E-state index is 0.0830. The lowest BCUT2D eigenvalue weighted by atomic mass is 10.0. The molecule has 0 aromatic rings. The molecule has 0 aromatic carbocycles. The monoisotopic (exact) mass is 871 g/mol. The number of hydrogen-bond donors (Lipinski definition) is 0. The molecule has 0 spiro atoms. The van der Waals surface area contributed by atoms with Crippen molar-refractivity contribution in [1.82, 2.24) is 0 Å². The van der Waals surface area contributed by atoms with Crippen LogP contribution in [-0.2, 0) is 28.6 Å². The lowest BCUT2D eigenvalue weighted by Gasteiger charge is -2.18. The second-order valence-electron chi connectivity index (χ2n) is 18.2. The molecular formula is C56H102O6. The van der Waals surface area contributed by atoms with Crippen LogP contribution in [0, 0.1) is 0 Å². The van der Waals surface area contributed by atoms with Gasteiger partial charge in [0.2, 0.25) is 0 Å². The summed E-state index contributed by atoms with van der Waals surface area (Å²) in [5, 5.41) is 0. The predicted molar refractivity (Wildman–Crippen MR) is 266 cm³/mol. The molecule has 6 nitrogen and oxygen atoms in total. The van der Waals surface area contributed by atoms with Gasteiger partial charge in [0, 0.05) is 19.3 Å². The predicted octanol–water partition coefficient (Wildman–Crippen LogP) is 17.7. The summed E-state index contributed by atoms with van der Waals surface area (Å²) < 4.78 is 16.8. The summed E-state index contributed by atoms with van der Waals surface area (Å²) in [6.45, 7) is 6.61. The molecule has 0 fully saturated rings. The molecule has 0 radical (unpaired) electrons. The van der Waals surface area contributed by atoms with Crippen LogP contribution >= 0.6 is 0 Å². The number of allylic oxidation sites excluding steroid dienone is 6. The number of unbranched alkanes of at least 4 members (excludes halogenated alkanes) is 32. The number of esters is 3. The van der Waals surface area contributed by atoms with Crippen molar-refractivity contribution < 1.29 is 28.6 Å². The van der Waals surface area contributed by atoms with Crippen molar-refractivity contribution in [3.05, 3.63) is 36.5 Å². The van der Waals surface area contributed by atoms with Crippen LogP contribution in [0.3, 0.4) is 0 Å². The standard InChI is InChI=1S/C56H102O6/c1-4-7-10-13-16-19-22-25-27-28-30-31-34-37-40-43-46-49-55(58)61-52-53(51-60-54(57)48-45-42-39-36-33-24-21-18-15-12-9-6-3)62-56(59)50-47-44-41-38-35-32-29-26-23-20-17-14-11-8-5-2/h17,20,26,29,35,38,53H,4-16,18-19,21-25,27-28,30-34,36-37,39-52H2,1-3H3/b20-17-,29-26-,38-35-/t53-/m1/s1. The average molecular weight is 871 g/mol. The van der Waals surface area contributed by atoms with Crippen LogP contribution in [0.1, 0.15) is 284 Å². The summed E-state index contributed by atoms with van der Waals surface area (Å²) in [5.74, 6) is -0.908. The molecular weight excluding hydrogens is 769 g/mol. The van der Waals surface area contributed by atoms with Gasteiger partial charge in [-0.05, 0) is 57.8 Å². The zero-order chi connectivity index (χ0) is 45.1. The minimum Gasteiger partial charge on any atom is -0.462 e. The maximum Gasteiger partial charge on any atom is 0.306 e.